The Kier molecular flexibility index (Phi) is 15.9. The third kappa shape index (κ3) is 16.7. The van der Waals surface area contributed by atoms with Crippen LogP contribution in [0.5, 0.6) is 0 Å². The van der Waals surface area contributed by atoms with E-state index in [2.05, 4.69) is 14.8 Å². The maximum atomic E-state index is 10.9. The third-order valence-corrected chi connectivity index (χ3v) is 3.68. The van der Waals surface area contributed by atoms with Crippen molar-refractivity contribution in [2.24, 2.45) is 5.11 Å². The summed E-state index contributed by atoms with van der Waals surface area (Å²) in [6, 6.07) is 0. The number of esters is 1. The highest BCUT2D eigenvalue weighted by atomic mass is 16.5. The van der Waals surface area contributed by atoms with Crippen molar-refractivity contribution >= 4 is 5.97 Å². The summed E-state index contributed by atoms with van der Waals surface area (Å²) in [5.41, 5.74) is 8.13. The van der Waals surface area contributed by atoms with Crippen LogP contribution in [0, 0.1) is 0 Å². The van der Waals surface area contributed by atoms with E-state index in [1.807, 2.05) is 0 Å². The van der Waals surface area contributed by atoms with E-state index in [1.165, 1.54) is 64.9 Å². The fourth-order valence-electron chi connectivity index (χ4n) is 2.37. The minimum Gasteiger partial charge on any atom is -0.469 e. The van der Waals surface area contributed by atoms with Crippen LogP contribution in [0.1, 0.15) is 83.5 Å². The van der Waals surface area contributed by atoms with Crippen LogP contribution in [0.3, 0.4) is 0 Å². The first-order valence-electron chi connectivity index (χ1n) is 8.39. The van der Waals surface area contributed by atoms with E-state index in [1.54, 1.807) is 0 Å². The number of hydrogen-bond donors (Lipinski definition) is 0. The van der Waals surface area contributed by atoms with Gasteiger partial charge in [0.2, 0.25) is 0 Å². The molecule has 0 aromatic carbocycles. The number of unbranched alkanes of at least 4 members (excludes halogenated alkanes) is 11. The van der Waals surface area contributed by atoms with Gasteiger partial charge >= 0.3 is 5.97 Å². The number of azide groups is 1. The van der Waals surface area contributed by atoms with Crippen LogP contribution < -0.4 is 0 Å². The highest BCUT2D eigenvalue weighted by Gasteiger charge is 1.99. The van der Waals surface area contributed by atoms with Crippen molar-refractivity contribution < 1.29 is 9.53 Å². The van der Waals surface area contributed by atoms with Gasteiger partial charge in [-0.1, -0.05) is 69.3 Å². The predicted octanol–water partition coefficient (Wildman–Crippen LogP) is 5.54. The van der Waals surface area contributed by atoms with Crippen molar-refractivity contribution in [3.05, 3.63) is 10.4 Å². The van der Waals surface area contributed by atoms with Gasteiger partial charge < -0.3 is 4.74 Å². The van der Waals surface area contributed by atoms with Gasteiger partial charge in [0.05, 0.1) is 7.11 Å². The third-order valence-electron chi connectivity index (χ3n) is 3.68. The summed E-state index contributed by atoms with van der Waals surface area (Å²) < 4.78 is 4.61. The summed E-state index contributed by atoms with van der Waals surface area (Å²) in [6.07, 6.45) is 15.2. The van der Waals surface area contributed by atoms with Crippen LogP contribution in [0.2, 0.25) is 0 Å². The fourth-order valence-corrected chi connectivity index (χ4v) is 2.37. The monoisotopic (exact) mass is 297 g/mol. The van der Waals surface area contributed by atoms with E-state index in [9.17, 15) is 4.79 Å². The van der Waals surface area contributed by atoms with Crippen molar-refractivity contribution in [1.82, 2.24) is 0 Å². The summed E-state index contributed by atoms with van der Waals surface area (Å²) in [4.78, 5) is 13.6. The molecule has 5 nitrogen and oxygen atoms in total. The molecule has 0 saturated carbocycles. The summed E-state index contributed by atoms with van der Waals surface area (Å²) in [6.45, 7) is 0.645. The average Bonchev–Trinajstić information content (AvgIpc) is 2.50. The van der Waals surface area contributed by atoms with Gasteiger partial charge in [-0.25, -0.2) is 0 Å². The van der Waals surface area contributed by atoms with Gasteiger partial charge in [-0.15, -0.1) is 0 Å². The van der Waals surface area contributed by atoms with Crippen molar-refractivity contribution in [2.45, 2.75) is 83.5 Å². The second-order valence-electron chi connectivity index (χ2n) is 5.52. The van der Waals surface area contributed by atoms with Gasteiger partial charge in [-0.2, -0.15) is 0 Å². The molecule has 0 aliphatic carbocycles. The van der Waals surface area contributed by atoms with Crippen LogP contribution in [0.15, 0.2) is 5.11 Å². The second-order valence-corrected chi connectivity index (χ2v) is 5.52. The van der Waals surface area contributed by atoms with Crippen molar-refractivity contribution in [3.8, 4) is 0 Å². The van der Waals surface area contributed by atoms with Gasteiger partial charge in [-0.3, -0.25) is 4.79 Å². The molecule has 0 saturated heterocycles. The first-order valence-corrected chi connectivity index (χ1v) is 8.39. The van der Waals surface area contributed by atoms with Crippen molar-refractivity contribution in [1.29, 1.82) is 0 Å². The largest absolute Gasteiger partial charge is 0.469 e. The number of methoxy groups -OCH3 is 1. The minimum absolute atomic E-state index is 0.0885. The van der Waals surface area contributed by atoms with E-state index >= 15 is 0 Å². The molecular weight excluding hydrogens is 266 g/mol. The van der Waals surface area contributed by atoms with E-state index in [4.69, 9.17) is 5.53 Å². The standard InChI is InChI=1S/C16H31N3O2/c1-21-16(20)14-12-10-8-6-4-2-3-5-7-9-11-13-15-18-19-17/h2-15H2,1H3. The normalized spacial score (nSPS) is 10.1. The topological polar surface area (TPSA) is 75.1 Å². The first-order chi connectivity index (χ1) is 10.3. The average molecular weight is 297 g/mol. The van der Waals surface area contributed by atoms with E-state index in [0.29, 0.717) is 13.0 Å². The van der Waals surface area contributed by atoms with E-state index in [0.717, 1.165) is 19.3 Å². The molecule has 0 atom stereocenters. The molecule has 122 valence electrons. The molecular formula is C16H31N3O2. The van der Waals surface area contributed by atoms with Crippen LogP contribution in [0.25, 0.3) is 10.4 Å². The van der Waals surface area contributed by atoms with E-state index in [-0.39, 0.29) is 5.97 Å². The summed E-state index contributed by atoms with van der Waals surface area (Å²) in [7, 11) is 1.45. The van der Waals surface area contributed by atoms with Gasteiger partial charge in [-0.05, 0) is 18.4 Å². The Morgan fingerprint density at radius 3 is 1.71 bits per heavy atom. The number of hydrogen-bond acceptors (Lipinski definition) is 3. The molecule has 0 spiro atoms. The molecule has 0 aliphatic rings. The quantitative estimate of drug-likeness (QED) is 0.131. The van der Waals surface area contributed by atoms with Gasteiger partial charge in [0, 0.05) is 17.9 Å². The first kappa shape index (κ1) is 19.8. The molecule has 0 rings (SSSR count). The number of carbonyl (C=O) groups is 1. The van der Waals surface area contributed by atoms with Crippen LogP contribution >= 0.6 is 0 Å². The molecule has 0 radical (unpaired) electrons. The zero-order valence-corrected chi connectivity index (χ0v) is 13.6. The molecule has 0 heterocycles. The zero-order valence-electron chi connectivity index (χ0n) is 13.6. The molecule has 0 fully saturated rings. The zero-order chi connectivity index (χ0) is 15.6. The molecule has 21 heavy (non-hydrogen) atoms. The SMILES string of the molecule is COC(=O)CCCCCCCCCCCCCCN=[N+]=[N-]. The fraction of sp³-hybridized carbons (Fsp3) is 0.938. The Bertz CT molecular complexity index is 289. The summed E-state index contributed by atoms with van der Waals surface area (Å²) >= 11 is 0. The Labute approximate surface area is 129 Å². The van der Waals surface area contributed by atoms with Gasteiger partial charge in [0.15, 0.2) is 0 Å². The Morgan fingerprint density at radius 2 is 1.29 bits per heavy atom. The number of nitrogens with zero attached hydrogens (tertiary/aromatic N) is 3. The lowest BCUT2D eigenvalue weighted by atomic mass is 10.0. The Morgan fingerprint density at radius 1 is 0.857 bits per heavy atom. The Hall–Kier alpha value is -1.22. The maximum Gasteiger partial charge on any atom is 0.305 e. The highest BCUT2D eigenvalue weighted by Crippen LogP contribution is 2.12. The lowest BCUT2D eigenvalue weighted by Gasteiger charge is -2.03. The second kappa shape index (κ2) is 16.8. The molecule has 0 N–H and O–H groups in total. The molecule has 0 amide bonds. The van der Waals surface area contributed by atoms with Gasteiger partial charge in [0.25, 0.3) is 0 Å². The molecule has 0 aliphatic heterocycles. The molecule has 0 aromatic rings. The number of carbonyl (C=O) groups excluding carboxylic acids is 1. The molecule has 0 aromatic heterocycles. The van der Waals surface area contributed by atoms with Gasteiger partial charge in [0.1, 0.15) is 0 Å². The molecule has 0 bridgehead atoms. The number of rotatable bonds is 15. The highest BCUT2D eigenvalue weighted by molar-refractivity contribution is 5.68. The van der Waals surface area contributed by atoms with Crippen LogP contribution in [-0.4, -0.2) is 19.6 Å². The summed E-state index contributed by atoms with van der Waals surface area (Å²) in [5.74, 6) is -0.0885. The summed E-state index contributed by atoms with van der Waals surface area (Å²) in [5, 5.41) is 3.53. The lowest BCUT2D eigenvalue weighted by Crippen LogP contribution is -1.99. The van der Waals surface area contributed by atoms with E-state index < -0.39 is 0 Å². The smallest absolute Gasteiger partial charge is 0.305 e. The maximum absolute atomic E-state index is 10.9. The predicted molar refractivity (Wildman–Crippen MR) is 86.1 cm³/mol. The van der Waals surface area contributed by atoms with Crippen molar-refractivity contribution in [3.63, 3.8) is 0 Å². The van der Waals surface area contributed by atoms with Crippen LogP contribution in [-0.2, 0) is 9.53 Å². The lowest BCUT2D eigenvalue weighted by molar-refractivity contribution is -0.140. The minimum atomic E-state index is -0.0885. The Balaban J connectivity index is 3.02. The molecule has 0 unspecified atom stereocenters. The van der Waals surface area contributed by atoms with Crippen LogP contribution in [0.4, 0.5) is 0 Å². The number of ether oxygens (including phenoxy) is 1. The molecule has 5 heteroatoms. The van der Waals surface area contributed by atoms with Crippen molar-refractivity contribution in [2.75, 3.05) is 13.7 Å².